The summed E-state index contributed by atoms with van der Waals surface area (Å²) in [5, 5.41) is 9.33. The Morgan fingerprint density at radius 2 is 1.94 bits per heavy atom. The Balaban J connectivity index is 2.19. The highest BCUT2D eigenvalue weighted by molar-refractivity contribution is 7.99. The van der Waals surface area contributed by atoms with Crippen LogP contribution in [0.3, 0.4) is 0 Å². The van der Waals surface area contributed by atoms with Crippen molar-refractivity contribution in [3.05, 3.63) is 47.2 Å². The van der Waals surface area contributed by atoms with Gasteiger partial charge < -0.3 is 9.52 Å². The lowest BCUT2D eigenvalue weighted by Crippen LogP contribution is -1.91. The molecule has 0 saturated heterocycles. The second-order valence-corrected chi connectivity index (χ2v) is 4.85. The zero-order chi connectivity index (χ0) is 12.4. The molecule has 0 aliphatic carbocycles. The van der Waals surface area contributed by atoms with Gasteiger partial charge in [0.2, 0.25) is 5.76 Å². The second kappa shape index (κ2) is 4.67. The third-order valence-corrected chi connectivity index (χ3v) is 3.40. The third kappa shape index (κ3) is 2.71. The molecule has 0 amide bonds. The number of carbonyl (C=O) groups is 1. The molecule has 17 heavy (non-hydrogen) atoms. The fourth-order valence-electron chi connectivity index (χ4n) is 1.38. The van der Waals surface area contributed by atoms with E-state index >= 15 is 0 Å². The monoisotopic (exact) mass is 248 g/mol. The van der Waals surface area contributed by atoms with Crippen molar-refractivity contribution >= 4 is 17.7 Å². The van der Waals surface area contributed by atoms with Crippen LogP contribution in [0, 0.1) is 13.8 Å². The molecule has 0 atom stereocenters. The molecule has 0 fully saturated rings. The molecule has 1 N–H and O–H groups in total. The van der Waals surface area contributed by atoms with Gasteiger partial charge in [-0.15, -0.1) is 0 Å². The maximum atomic E-state index is 10.7. The molecular formula is C13H12O3S. The van der Waals surface area contributed by atoms with E-state index in [1.807, 2.05) is 19.1 Å². The van der Waals surface area contributed by atoms with Crippen molar-refractivity contribution < 1.29 is 14.3 Å². The highest BCUT2D eigenvalue weighted by Crippen LogP contribution is 2.30. The highest BCUT2D eigenvalue weighted by Gasteiger charge is 2.09. The van der Waals surface area contributed by atoms with Crippen molar-refractivity contribution in [2.24, 2.45) is 0 Å². The average Bonchev–Trinajstić information content (AvgIpc) is 2.72. The highest BCUT2D eigenvalue weighted by atomic mass is 32.2. The van der Waals surface area contributed by atoms with Gasteiger partial charge in [0.15, 0.2) is 5.09 Å². The standard InChI is InChI=1S/C13H12O3S/c1-8-3-4-10(7-9(8)2)17-12-6-5-11(16-12)13(14)15/h3-7H,1-2H3,(H,14,15). The molecule has 3 nitrogen and oxygen atoms in total. The minimum Gasteiger partial charge on any atom is -0.475 e. The molecule has 0 unspecified atom stereocenters. The zero-order valence-corrected chi connectivity index (χ0v) is 10.4. The number of furan rings is 1. The van der Waals surface area contributed by atoms with Gasteiger partial charge in [-0.1, -0.05) is 17.8 Å². The number of hydrogen-bond donors (Lipinski definition) is 1. The predicted octanol–water partition coefficient (Wildman–Crippen LogP) is 3.75. The summed E-state index contributed by atoms with van der Waals surface area (Å²) < 4.78 is 5.18. The molecule has 88 valence electrons. The Kier molecular flexibility index (Phi) is 3.24. The molecule has 1 heterocycles. The van der Waals surface area contributed by atoms with Crippen molar-refractivity contribution in [2.45, 2.75) is 23.8 Å². The van der Waals surface area contributed by atoms with E-state index in [9.17, 15) is 4.79 Å². The summed E-state index contributed by atoms with van der Waals surface area (Å²) in [6.45, 7) is 4.10. The van der Waals surface area contributed by atoms with Gasteiger partial charge in [0.1, 0.15) is 0 Å². The molecule has 0 saturated carbocycles. The van der Waals surface area contributed by atoms with E-state index in [1.165, 1.54) is 29.0 Å². The van der Waals surface area contributed by atoms with Gasteiger partial charge in [-0.2, -0.15) is 0 Å². The lowest BCUT2D eigenvalue weighted by Gasteiger charge is -2.02. The van der Waals surface area contributed by atoms with Crippen molar-refractivity contribution in [1.29, 1.82) is 0 Å². The second-order valence-electron chi connectivity index (χ2n) is 3.77. The number of aryl methyl sites for hydroxylation is 2. The van der Waals surface area contributed by atoms with Crippen LogP contribution >= 0.6 is 11.8 Å². The third-order valence-electron chi connectivity index (χ3n) is 2.49. The molecule has 4 heteroatoms. The minimum absolute atomic E-state index is 0.0312. The number of carboxylic acid groups (broad SMARTS) is 1. The molecule has 1 aromatic carbocycles. The summed E-state index contributed by atoms with van der Waals surface area (Å²) in [6, 6.07) is 9.23. The lowest BCUT2D eigenvalue weighted by molar-refractivity contribution is 0.0656. The Hall–Kier alpha value is -1.68. The van der Waals surface area contributed by atoms with E-state index in [1.54, 1.807) is 6.07 Å². The van der Waals surface area contributed by atoms with Gasteiger partial charge in [-0.05, 0) is 49.2 Å². The maximum absolute atomic E-state index is 10.7. The van der Waals surface area contributed by atoms with Crippen LogP contribution in [0.25, 0.3) is 0 Å². The van der Waals surface area contributed by atoms with Gasteiger partial charge in [0, 0.05) is 4.90 Å². The van der Waals surface area contributed by atoms with Gasteiger partial charge in [-0.25, -0.2) is 4.79 Å². The molecule has 0 radical (unpaired) electrons. The van der Waals surface area contributed by atoms with E-state index in [4.69, 9.17) is 9.52 Å². The lowest BCUT2D eigenvalue weighted by atomic mass is 10.1. The SMILES string of the molecule is Cc1ccc(Sc2ccc(C(=O)O)o2)cc1C. The number of hydrogen-bond acceptors (Lipinski definition) is 3. The maximum Gasteiger partial charge on any atom is 0.371 e. The zero-order valence-electron chi connectivity index (χ0n) is 9.56. The summed E-state index contributed by atoms with van der Waals surface area (Å²) in [5.74, 6) is -1.08. The Labute approximate surface area is 103 Å². The Morgan fingerprint density at radius 3 is 2.53 bits per heavy atom. The van der Waals surface area contributed by atoms with Crippen molar-refractivity contribution in [2.75, 3.05) is 0 Å². The summed E-state index contributed by atoms with van der Waals surface area (Å²) in [4.78, 5) is 11.7. The van der Waals surface area contributed by atoms with Crippen LogP contribution in [0.4, 0.5) is 0 Å². The van der Waals surface area contributed by atoms with Crippen LogP contribution in [0.15, 0.2) is 44.7 Å². The molecule has 0 spiro atoms. The fraction of sp³-hybridized carbons (Fsp3) is 0.154. The fourth-order valence-corrected chi connectivity index (χ4v) is 2.26. The van der Waals surface area contributed by atoms with Crippen LogP contribution in [-0.4, -0.2) is 11.1 Å². The van der Waals surface area contributed by atoms with Crippen molar-refractivity contribution in [3.8, 4) is 0 Å². The van der Waals surface area contributed by atoms with Gasteiger partial charge in [-0.3, -0.25) is 0 Å². The summed E-state index contributed by atoms with van der Waals surface area (Å²) in [7, 11) is 0. The number of benzene rings is 1. The van der Waals surface area contributed by atoms with Crippen LogP contribution < -0.4 is 0 Å². The summed E-state index contributed by atoms with van der Waals surface area (Å²) >= 11 is 1.42. The molecule has 0 bridgehead atoms. The van der Waals surface area contributed by atoms with Crippen LogP contribution in [-0.2, 0) is 0 Å². The van der Waals surface area contributed by atoms with E-state index in [0.29, 0.717) is 5.09 Å². The van der Waals surface area contributed by atoms with E-state index in [2.05, 4.69) is 13.0 Å². The molecule has 0 aliphatic rings. The smallest absolute Gasteiger partial charge is 0.371 e. The van der Waals surface area contributed by atoms with Gasteiger partial charge in [0.25, 0.3) is 0 Å². The van der Waals surface area contributed by atoms with Gasteiger partial charge in [0.05, 0.1) is 0 Å². The average molecular weight is 248 g/mol. The Morgan fingerprint density at radius 1 is 1.18 bits per heavy atom. The summed E-state index contributed by atoms with van der Waals surface area (Å²) in [6.07, 6.45) is 0. The number of rotatable bonds is 3. The molecule has 2 rings (SSSR count). The molecule has 0 aliphatic heterocycles. The normalized spacial score (nSPS) is 10.5. The first kappa shape index (κ1) is 11.8. The quantitative estimate of drug-likeness (QED) is 0.898. The van der Waals surface area contributed by atoms with E-state index < -0.39 is 5.97 Å². The first-order valence-electron chi connectivity index (χ1n) is 5.14. The van der Waals surface area contributed by atoms with Crippen LogP contribution in [0.5, 0.6) is 0 Å². The summed E-state index contributed by atoms with van der Waals surface area (Å²) in [5.41, 5.74) is 2.44. The van der Waals surface area contributed by atoms with Crippen molar-refractivity contribution in [3.63, 3.8) is 0 Å². The first-order chi connectivity index (χ1) is 8.06. The van der Waals surface area contributed by atoms with Crippen molar-refractivity contribution in [1.82, 2.24) is 0 Å². The minimum atomic E-state index is -1.04. The number of aromatic carboxylic acids is 1. The predicted molar refractivity (Wildman–Crippen MR) is 65.7 cm³/mol. The topological polar surface area (TPSA) is 50.4 Å². The molecule has 1 aromatic heterocycles. The molecular weight excluding hydrogens is 236 g/mol. The van der Waals surface area contributed by atoms with Crippen LogP contribution in [0.1, 0.15) is 21.7 Å². The first-order valence-corrected chi connectivity index (χ1v) is 5.96. The van der Waals surface area contributed by atoms with E-state index in [-0.39, 0.29) is 5.76 Å². The Bertz CT molecular complexity index is 558. The largest absolute Gasteiger partial charge is 0.475 e. The van der Waals surface area contributed by atoms with Crippen LogP contribution in [0.2, 0.25) is 0 Å². The molecule has 2 aromatic rings. The number of carboxylic acids is 1. The van der Waals surface area contributed by atoms with E-state index in [0.717, 1.165) is 4.90 Å². The van der Waals surface area contributed by atoms with Gasteiger partial charge >= 0.3 is 5.97 Å².